The predicted octanol–water partition coefficient (Wildman–Crippen LogP) is 2.64. The van der Waals surface area contributed by atoms with Gasteiger partial charge in [0, 0.05) is 4.88 Å². The molecule has 1 aromatic heterocycles. The van der Waals surface area contributed by atoms with Gasteiger partial charge in [-0.15, -0.1) is 11.3 Å². The summed E-state index contributed by atoms with van der Waals surface area (Å²) in [5.74, 6) is 0.0162. The van der Waals surface area contributed by atoms with Crippen molar-refractivity contribution < 1.29 is 9.59 Å². The monoisotopic (exact) mass is 306 g/mol. The fraction of sp³-hybridized carbons (Fsp3) is 0.625. The average molecular weight is 306 g/mol. The number of aryl methyl sites for hydroxylation is 1. The van der Waals surface area contributed by atoms with E-state index in [0.29, 0.717) is 6.42 Å². The van der Waals surface area contributed by atoms with Crippen molar-refractivity contribution in [2.45, 2.75) is 64.1 Å². The van der Waals surface area contributed by atoms with E-state index < -0.39 is 5.54 Å². The molecule has 4 nitrogen and oxygen atoms in total. The zero-order valence-electron chi connectivity index (χ0n) is 12.8. The minimum Gasteiger partial charge on any atom is -0.340 e. The van der Waals surface area contributed by atoms with E-state index in [0.717, 1.165) is 19.3 Å². The third-order valence-corrected chi connectivity index (χ3v) is 5.58. The molecule has 3 rings (SSSR count). The lowest BCUT2D eigenvalue weighted by molar-refractivity contribution is -0.157. The van der Waals surface area contributed by atoms with Crippen molar-refractivity contribution in [2.24, 2.45) is 0 Å². The van der Waals surface area contributed by atoms with Crippen LogP contribution in [0.5, 0.6) is 0 Å². The Bertz CT molecular complexity index is 579. The van der Waals surface area contributed by atoms with E-state index in [-0.39, 0.29) is 23.9 Å². The molecule has 1 aliphatic carbocycles. The summed E-state index contributed by atoms with van der Waals surface area (Å²) in [6.45, 7) is 5.56. The quantitative estimate of drug-likeness (QED) is 0.913. The van der Waals surface area contributed by atoms with Crippen LogP contribution in [-0.2, 0) is 16.0 Å². The largest absolute Gasteiger partial charge is 0.340 e. The number of nitrogens with one attached hydrogen (secondary N) is 1. The van der Waals surface area contributed by atoms with E-state index >= 15 is 0 Å². The van der Waals surface area contributed by atoms with E-state index in [1.54, 1.807) is 25.2 Å². The molecule has 5 heteroatoms. The zero-order valence-corrected chi connectivity index (χ0v) is 13.6. The Morgan fingerprint density at radius 1 is 1.43 bits per heavy atom. The minimum absolute atomic E-state index is 0.0237. The fourth-order valence-electron chi connectivity index (χ4n) is 3.53. The van der Waals surface area contributed by atoms with Crippen LogP contribution in [0.1, 0.15) is 56.5 Å². The lowest BCUT2D eigenvalue weighted by Gasteiger charge is -2.47. The highest BCUT2D eigenvalue weighted by molar-refractivity contribution is 7.10. The van der Waals surface area contributed by atoms with Gasteiger partial charge in [0.2, 0.25) is 11.8 Å². The molecule has 2 aliphatic rings. The molecule has 114 valence electrons. The first kappa shape index (κ1) is 14.6. The number of fused-ring (bicyclic) bond motifs is 1. The third-order valence-electron chi connectivity index (χ3n) is 4.59. The molecule has 1 aromatic rings. The Balaban J connectivity index is 2.02. The molecular formula is C16H22N2O2S. The number of amides is 2. The fourth-order valence-corrected chi connectivity index (χ4v) is 4.51. The van der Waals surface area contributed by atoms with Crippen molar-refractivity contribution in [3.8, 4) is 0 Å². The summed E-state index contributed by atoms with van der Waals surface area (Å²) < 4.78 is 0. The van der Waals surface area contributed by atoms with Gasteiger partial charge in [-0.05, 0) is 56.5 Å². The second-order valence-corrected chi connectivity index (χ2v) is 7.46. The SMILES string of the molecule is CCC1C(=O)NC(C)(C)C(=O)N1C1CCCc2sccc21. The van der Waals surface area contributed by atoms with Crippen molar-refractivity contribution in [2.75, 3.05) is 0 Å². The van der Waals surface area contributed by atoms with Crippen LogP contribution in [0, 0.1) is 0 Å². The Labute approximate surface area is 129 Å². The van der Waals surface area contributed by atoms with Crippen LogP contribution in [0.3, 0.4) is 0 Å². The van der Waals surface area contributed by atoms with Crippen LogP contribution in [0.4, 0.5) is 0 Å². The number of piperazine rings is 1. The number of rotatable bonds is 2. The smallest absolute Gasteiger partial charge is 0.248 e. The molecule has 0 saturated carbocycles. The highest BCUT2D eigenvalue weighted by Gasteiger charge is 2.48. The maximum absolute atomic E-state index is 12.9. The summed E-state index contributed by atoms with van der Waals surface area (Å²) in [7, 11) is 0. The molecule has 2 unspecified atom stereocenters. The molecule has 1 N–H and O–H groups in total. The second kappa shape index (κ2) is 5.13. The number of thiophene rings is 1. The molecule has 2 amide bonds. The maximum Gasteiger partial charge on any atom is 0.248 e. The van der Waals surface area contributed by atoms with E-state index in [1.807, 2.05) is 11.8 Å². The Kier molecular flexibility index (Phi) is 3.56. The highest BCUT2D eigenvalue weighted by Crippen LogP contribution is 2.40. The molecule has 2 atom stereocenters. The molecule has 21 heavy (non-hydrogen) atoms. The molecule has 0 spiro atoms. The first-order chi connectivity index (χ1) is 9.95. The van der Waals surface area contributed by atoms with Crippen LogP contribution >= 0.6 is 11.3 Å². The van der Waals surface area contributed by atoms with Crippen LogP contribution in [0.2, 0.25) is 0 Å². The summed E-state index contributed by atoms with van der Waals surface area (Å²) in [6.07, 6.45) is 3.79. The standard InChI is InChI=1S/C16H22N2O2S/c1-4-11-14(19)17-16(2,3)15(20)18(11)12-6-5-7-13-10(12)8-9-21-13/h8-9,11-12H,4-7H2,1-3H3,(H,17,19). The normalized spacial score (nSPS) is 28.2. The van der Waals surface area contributed by atoms with Gasteiger partial charge in [-0.3, -0.25) is 9.59 Å². The van der Waals surface area contributed by atoms with Gasteiger partial charge in [0.05, 0.1) is 6.04 Å². The topological polar surface area (TPSA) is 49.4 Å². The molecule has 0 aromatic carbocycles. The van der Waals surface area contributed by atoms with Gasteiger partial charge in [0.15, 0.2) is 0 Å². The molecular weight excluding hydrogens is 284 g/mol. The van der Waals surface area contributed by atoms with Crippen molar-refractivity contribution in [1.82, 2.24) is 10.2 Å². The first-order valence-corrected chi connectivity index (χ1v) is 8.54. The van der Waals surface area contributed by atoms with E-state index in [2.05, 4.69) is 16.8 Å². The van der Waals surface area contributed by atoms with E-state index in [4.69, 9.17) is 0 Å². The third kappa shape index (κ3) is 2.27. The van der Waals surface area contributed by atoms with Gasteiger partial charge in [-0.2, -0.15) is 0 Å². The molecule has 1 aliphatic heterocycles. The number of hydrogen-bond donors (Lipinski definition) is 1. The summed E-state index contributed by atoms with van der Waals surface area (Å²) in [5.41, 5.74) is 0.444. The lowest BCUT2D eigenvalue weighted by atomic mass is 9.87. The van der Waals surface area contributed by atoms with E-state index in [1.165, 1.54) is 10.4 Å². The lowest BCUT2D eigenvalue weighted by Crippen LogP contribution is -2.68. The van der Waals surface area contributed by atoms with Gasteiger partial charge in [0.25, 0.3) is 0 Å². The Hall–Kier alpha value is -1.36. The summed E-state index contributed by atoms with van der Waals surface area (Å²) >= 11 is 1.77. The molecule has 0 bridgehead atoms. The van der Waals surface area contributed by atoms with E-state index in [9.17, 15) is 9.59 Å². The summed E-state index contributed by atoms with van der Waals surface area (Å²) in [4.78, 5) is 28.5. The molecule has 2 heterocycles. The number of carbonyl (C=O) groups excluding carboxylic acids is 2. The van der Waals surface area contributed by atoms with Gasteiger partial charge in [-0.25, -0.2) is 0 Å². The van der Waals surface area contributed by atoms with Gasteiger partial charge < -0.3 is 10.2 Å². The predicted molar refractivity (Wildman–Crippen MR) is 83.1 cm³/mol. The number of hydrogen-bond acceptors (Lipinski definition) is 3. The average Bonchev–Trinajstić information content (AvgIpc) is 2.90. The van der Waals surface area contributed by atoms with Crippen LogP contribution in [0.15, 0.2) is 11.4 Å². The number of carbonyl (C=O) groups is 2. The first-order valence-electron chi connectivity index (χ1n) is 7.66. The summed E-state index contributed by atoms with van der Waals surface area (Å²) in [6, 6.07) is 1.84. The molecule has 0 radical (unpaired) electrons. The van der Waals surface area contributed by atoms with Crippen molar-refractivity contribution in [3.63, 3.8) is 0 Å². The summed E-state index contributed by atoms with van der Waals surface area (Å²) in [5, 5.41) is 4.97. The zero-order chi connectivity index (χ0) is 15.2. The minimum atomic E-state index is -0.809. The van der Waals surface area contributed by atoms with Gasteiger partial charge in [0.1, 0.15) is 11.6 Å². The van der Waals surface area contributed by atoms with Crippen LogP contribution in [-0.4, -0.2) is 28.3 Å². The van der Waals surface area contributed by atoms with Crippen molar-refractivity contribution in [1.29, 1.82) is 0 Å². The van der Waals surface area contributed by atoms with Crippen molar-refractivity contribution >= 4 is 23.2 Å². The molecule has 1 saturated heterocycles. The van der Waals surface area contributed by atoms with Gasteiger partial charge in [-0.1, -0.05) is 6.92 Å². The van der Waals surface area contributed by atoms with Crippen LogP contribution in [0.25, 0.3) is 0 Å². The van der Waals surface area contributed by atoms with Gasteiger partial charge >= 0.3 is 0 Å². The van der Waals surface area contributed by atoms with Crippen molar-refractivity contribution in [3.05, 3.63) is 21.9 Å². The molecule has 1 fully saturated rings. The number of nitrogens with zero attached hydrogens (tertiary/aromatic N) is 1. The second-order valence-electron chi connectivity index (χ2n) is 6.46. The highest BCUT2D eigenvalue weighted by atomic mass is 32.1. The maximum atomic E-state index is 12.9. The Morgan fingerprint density at radius 3 is 2.90 bits per heavy atom. The Morgan fingerprint density at radius 2 is 2.19 bits per heavy atom. The van der Waals surface area contributed by atoms with Crippen LogP contribution < -0.4 is 5.32 Å².